The van der Waals surface area contributed by atoms with Crippen LogP contribution in [0, 0.1) is 0 Å². The van der Waals surface area contributed by atoms with Gasteiger partial charge in [0.1, 0.15) is 11.3 Å². The number of fused-ring (bicyclic) bond motifs is 1. The Morgan fingerprint density at radius 3 is 2.72 bits per heavy atom. The molecule has 2 heterocycles. The summed E-state index contributed by atoms with van der Waals surface area (Å²) in [4.78, 5) is 36.5. The Labute approximate surface area is 144 Å². The van der Waals surface area contributed by atoms with Crippen LogP contribution in [0.2, 0.25) is 0 Å². The number of amides is 2. The number of carbonyl (C=O) groups is 3. The van der Waals surface area contributed by atoms with Gasteiger partial charge in [0.2, 0.25) is 11.8 Å². The molecule has 1 aromatic carbocycles. The molecule has 1 fully saturated rings. The summed E-state index contributed by atoms with van der Waals surface area (Å²) in [6.45, 7) is 0.532. The van der Waals surface area contributed by atoms with Gasteiger partial charge in [-0.2, -0.15) is 0 Å². The maximum absolute atomic E-state index is 12.8. The molecule has 8 nitrogen and oxygen atoms in total. The first-order valence-corrected chi connectivity index (χ1v) is 8.06. The summed E-state index contributed by atoms with van der Waals surface area (Å²) in [5.41, 5.74) is -0.208. The summed E-state index contributed by atoms with van der Waals surface area (Å²) in [6.07, 6.45) is 0.341. The van der Waals surface area contributed by atoms with Crippen molar-refractivity contribution < 1.29 is 29.0 Å². The van der Waals surface area contributed by atoms with Crippen molar-refractivity contribution in [2.75, 3.05) is 25.6 Å². The summed E-state index contributed by atoms with van der Waals surface area (Å²) in [7, 11) is 1.51. The standard InChI is InChI=1S/C17H20N2O6/c1-24-10-2-3-13-11(8-10)12(9-14(20)18-13)15(21)19-17(16(22)23)4-6-25-7-5-17/h2-3,8,12H,4-7,9H2,1H3,(H,18,20)(H,19,21)(H,22,23). The number of ether oxygens (including phenoxy) is 2. The van der Waals surface area contributed by atoms with Crippen LogP contribution in [0.15, 0.2) is 18.2 Å². The molecule has 2 amide bonds. The average molecular weight is 348 g/mol. The molecular formula is C17H20N2O6. The van der Waals surface area contributed by atoms with Crippen LogP contribution in [0.3, 0.4) is 0 Å². The molecule has 3 rings (SSSR count). The van der Waals surface area contributed by atoms with Gasteiger partial charge in [-0.05, 0) is 23.8 Å². The lowest BCUT2D eigenvalue weighted by Crippen LogP contribution is -2.58. The number of anilines is 1. The molecule has 0 bridgehead atoms. The van der Waals surface area contributed by atoms with Crippen molar-refractivity contribution in [1.29, 1.82) is 0 Å². The molecule has 1 atom stereocenters. The zero-order valence-electron chi connectivity index (χ0n) is 13.8. The van der Waals surface area contributed by atoms with Gasteiger partial charge in [0.05, 0.1) is 13.0 Å². The Balaban J connectivity index is 1.89. The highest BCUT2D eigenvalue weighted by atomic mass is 16.5. The summed E-state index contributed by atoms with van der Waals surface area (Å²) < 4.78 is 10.4. The molecule has 3 N–H and O–H groups in total. The summed E-state index contributed by atoms with van der Waals surface area (Å²) in [5, 5.41) is 15.0. The van der Waals surface area contributed by atoms with E-state index < -0.39 is 23.3 Å². The van der Waals surface area contributed by atoms with Crippen molar-refractivity contribution in [3.8, 4) is 5.75 Å². The van der Waals surface area contributed by atoms with E-state index in [9.17, 15) is 19.5 Å². The van der Waals surface area contributed by atoms with Crippen molar-refractivity contribution in [1.82, 2.24) is 5.32 Å². The molecule has 0 aromatic heterocycles. The number of hydrogen-bond acceptors (Lipinski definition) is 5. The predicted octanol–water partition coefficient (Wildman–Crippen LogP) is 0.871. The highest BCUT2D eigenvalue weighted by Crippen LogP contribution is 2.36. The molecule has 1 saturated heterocycles. The monoisotopic (exact) mass is 348 g/mol. The Kier molecular flexibility index (Phi) is 4.63. The van der Waals surface area contributed by atoms with Crippen molar-refractivity contribution in [3.05, 3.63) is 23.8 Å². The molecule has 0 aliphatic carbocycles. The Hall–Kier alpha value is -2.61. The first kappa shape index (κ1) is 17.2. The molecule has 2 aliphatic rings. The van der Waals surface area contributed by atoms with Gasteiger partial charge in [-0.1, -0.05) is 0 Å². The van der Waals surface area contributed by atoms with E-state index in [-0.39, 0.29) is 38.4 Å². The van der Waals surface area contributed by atoms with Gasteiger partial charge >= 0.3 is 5.97 Å². The lowest BCUT2D eigenvalue weighted by Gasteiger charge is -2.36. The summed E-state index contributed by atoms with van der Waals surface area (Å²) in [5.74, 6) is -2.05. The highest BCUT2D eigenvalue weighted by Gasteiger charge is 2.44. The fraction of sp³-hybridized carbons (Fsp3) is 0.471. The average Bonchev–Trinajstić information content (AvgIpc) is 2.61. The van der Waals surface area contributed by atoms with Crippen LogP contribution in [0.5, 0.6) is 5.75 Å². The Morgan fingerprint density at radius 1 is 1.36 bits per heavy atom. The predicted molar refractivity (Wildman–Crippen MR) is 87.5 cm³/mol. The quantitative estimate of drug-likeness (QED) is 0.744. The van der Waals surface area contributed by atoms with E-state index in [4.69, 9.17) is 9.47 Å². The van der Waals surface area contributed by atoms with Gasteiger partial charge in [-0.15, -0.1) is 0 Å². The number of carboxylic acid groups (broad SMARTS) is 1. The lowest BCUT2D eigenvalue weighted by molar-refractivity contribution is -0.152. The van der Waals surface area contributed by atoms with E-state index >= 15 is 0 Å². The number of carbonyl (C=O) groups excluding carboxylic acids is 2. The molecule has 2 aliphatic heterocycles. The second kappa shape index (κ2) is 6.72. The normalized spacial score (nSPS) is 21.6. The largest absolute Gasteiger partial charge is 0.497 e. The molecule has 0 saturated carbocycles. The van der Waals surface area contributed by atoms with E-state index in [1.807, 2.05) is 0 Å². The van der Waals surface area contributed by atoms with Gasteiger partial charge in [0.25, 0.3) is 0 Å². The zero-order valence-corrected chi connectivity index (χ0v) is 13.8. The fourth-order valence-electron chi connectivity index (χ4n) is 3.24. The van der Waals surface area contributed by atoms with E-state index in [1.54, 1.807) is 18.2 Å². The zero-order chi connectivity index (χ0) is 18.0. The molecule has 134 valence electrons. The number of aliphatic carboxylic acids is 1. The fourth-order valence-corrected chi connectivity index (χ4v) is 3.24. The van der Waals surface area contributed by atoms with Crippen LogP contribution in [-0.4, -0.2) is 48.8 Å². The minimum atomic E-state index is -1.36. The Bertz CT molecular complexity index is 711. The number of nitrogens with one attached hydrogen (secondary N) is 2. The second-order valence-electron chi connectivity index (χ2n) is 6.25. The number of rotatable bonds is 4. The van der Waals surface area contributed by atoms with Gasteiger partial charge in [0.15, 0.2) is 0 Å². The smallest absolute Gasteiger partial charge is 0.329 e. The maximum Gasteiger partial charge on any atom is 0.329 e. The van der Waals surface area contributed by atoms with Crippen molar-refractivity contribution >= 4 is 23.5 Å². The van der Waals surface area contributed by atoms with Gasteiger partial charge in [0, 0.05) is 38.2 Å². The van der Waals surface area contributed by atoms with Crippen molar-refractivity contribution in [2.45, 2.75) is 30.7 Å². The van der Waals surface area contributed by atoms with Crippen LogP contribution in [0.25, 0.3) is 0 Å². The highest BCUT2D eigenvalue weighted by molar-refractivity contribution is 6.02. The number of hydrogen-bond donors (Lipinski definition) is 3. The van der Waals surface area contributed by atoms with E-state index in [1.165, 1.54) is 7.11 Å². The first-order chi connectivity index (χ1) is 11.9. The van der Waals surface area contributed by atoms with Gasteiger partial charge in [-0.3, -0.25) is 9.59 Å². The molecule has 0 spiro atoms. The number of carboxylic acids is 1. The molecular weight excluding hydrogens is 328 g/mol. The molecule has 0 radical (unpaired) electrons. The van der Waals surface area contributed by atoms with Crippen LogP contribution in [-0.2, 0) is 19.1 Å². The second-order valence-corrected chi connectivity index (χ2v) is 6.25. The third-order valence-electron chi connectivity index (χ3n) is 4.73. The molecule has 8 heteroatoms. The minimum absolute atomic E-state index is 0.0435. The van der Waals surface area contributed by atoms with Crippen LogP contribution < -0.4 is 15.4 Å². The van der Waals surface area contributed by atoms with E-state index in [2.05, 4.69) is 10.6 Å². The molecule has 1 unspecified atom stereocenters. The number of benzene rings is 1. The van der Waals surface area contributed by atoms with Crippen LogP contribution in [0.1, 0.15) is 30.7 Å². The minimum Gasteiger partial charge on any atom is -0.497 e. The van der Waals surface area contributed by atoms with Gasteiger partial charge in [-0.25, -0.2) is 4.79 Å². The SMILES string of the molecule is COc1ccc2c(c1)C(C(=O)NC1(C(=O)O)CCOCC1)CC(=O)N2. The lowest BCUT2D eigenvalue weighted by atomic mass is 9.86. The van der Waals surface area contributed by atoms with E-state index in [0.717, 1.165) is 0 Å². The van der Waals surface area contributed by atoms with Crippen LogP contribution in [0.4, 0.5) is 5.69 Å². The third-order valence-corrected chi connectivity index (χ3v) is 4.73. The summed E-state index contributed by atoms with van der Waals surface area (Å²) in [6, 6.07) is 5.06. The van der Waals surface area contributed by atoms with Crippen molar-refractivity contribution in [2.24, 2.45) is 0 Å². The van der Waals surface area contributed by atoms with Crippen molar-refractivity contribution in [3.63, 3.8) is 0 Å². The maximum atomic E-state index is 12.8. The van der Waals surface area contributed by atoms with Gasteiger partial charge < -0.3 is 25.2 Å². The molecule has 1 aromatic rings. The third kappa shape index (κ3) is 3.30. The Morgan fingerprint density at radius 2 is 2.08 bits per heavy atom. The first-order valence-electron chi connectivity index (χ1n) is 8.06. The van der Waals surface area contributed by atoms with Crippen LogP contribution >= 0.6 is 0 Å². The topological polar surface area (TPSA) is 114 Å². The van der Waals surface area contributed by atoms with E-state index in [0.29, 0.717) is 17.0 Å². The number of methoxy groups -OCH3 is 1. The molecule has 25 heavy (non-hydrogen) atoms. The summed E-state index contributed by atoms with van der Waals surface area (Å²) >= 11 is 0.